The number of carbonyl (C=O) groups is 2. The number of nitriles is 1. The molecule has 0 aliphatic heterocycles. The van der Waals surface area contributed by atoms with E-state index >= 15 is 0 Å². The molecule has 0 spiro atoms. The Morgan fingerprint density at radius 3 is 2.48 bits per heavy atom. The van der Waals surface area contributed by atoms with Gasteiger partial charge in [-0.15, -0.1) is 11.3 Å². The van der Waals surface area contributed by atoms with Crippen LogP contribution in [-0.4, -0.2) is 39.8 Å². The predicted octanol–water partition coefficient (Wildman–Crippen LogP) is 3.23. The Kier molecular flexibility index (Phi) is 7.66. The van der Waals surface area contributed by atoms with Crippen LogP contribution in [0.1, 0.15) is 22.2 Å². The Balaban J connectivity index is 2.24. The number of thiocyanates is 1. The number of nitrogens with zero attached hydrogens (tertiary/aromatic N) is 1. The number of hydrogen-bond donors (Lipinski definition) is 1. The number of thioether (sulfide) groups is 1. The van der Waals surface area contributed by atoms with Gasteiger partial charge in [-0.1, -0.05) is 0 Å². The number of anilines is 1. The molecule has 1 amide bonds. The van der Waals surface area contributed by atoms with E-state index in [4.69, 9.17) is 14.7 Å². The highest BCUT2D eigenvalue weighted by Crippen LogP contribution is 2.40. The maximum Gasteiger partial charge on any atom is 0.348 e. The number of carbonyl (C=O) groups excluding carboxylic acids is 2. The number of hydrogen-bond acceptors (Lipinski definition) is 9. The molecule has 0 aliphatic rings. The molecule has 154 valence electrons. The van der Waals surface area contributed by atoms with Crippen molar-refractivity contribution in [3.63, 3.8) is 0 Å². The van der Waals surface area contributed by atoms with E-state index in [2.05, 4.69) is 5.32 Å². The van der Waals surface area contributed by atoms with E-state index < -0.39 is 27.5 Å². The summed E-state index contributed by atoms with van der Waals surface area (Å²) < 4.78 is 34.9. The maximum absolute atomic E-state index is 12.5. The molecular weight excluding hydrogens is 436 g/mol. The van der Waals surface area contributed by atoms with E-state index in [9.17, 15) is 18.0 Å². The van der Waals surface area contributed by atoms with Crippen LogP contribution in [0.15, 0.2) is 34.1 Å². The molecule has 8 nitrogen and oxygen atoms in total. The standard InChI is InChI=1S/C18H18N2O6S3/c1-4-26-18(22)16-11(2)15(27-10-19)17(28-16)20-14(21)9-29(23,24)13-7-5-12(25-3)6-8-13/h5-8H,4,9H2,1-3H3,(H,20,21). The van der Waals surface area contributed by atoms with Gasteiger partial charge in [0.1, 0.15) is 26.8 Å². The summed E-state index contributed by atoms with van der Waals surface area (Å²) in [6.45, 7) is 3.48. The smallest absolute Gasteiger partial charge is 0.348 e. The zero-order valence-corrected chi connectivity index (χ0v) is 18.3. The Labute approximate surface area is 176 Å². The lowest BCUT2D eigenvalue weighted by molar-refractivity contribution is -0.113. The second-order valence-electron chi connectivity index (χ2n) is 5.61. The molecule has 0 fully saturated rings. The lowest BCUT2D eigenvalue weighted by Crippen LogP contribution is -2.22. The largest absolute Gasteiger partial charge is 0.497 e. The molecule has 1 aromatic heterocycles. The minimum absolute atomic E-state index is 0.0188. The summed E-state index contributed by atoms with van der Waals surface area (Å²) in [5.41, 5.74) is 0.494. The van der Waals surface area contributed by atoms with Gasteiger partial charge in [-0.05, 0) is 55.4 Å². The van der Waals surface area contributed by atoms with Crippen LogP contribution in [0.4, 0.5) is 5.00 Å². The number of esters is 1. The van der Waals surface area contributed by atoms with Crippen molar-refractivity contribution in [1.82, 2.24) is 0 Å². The molecule has 0 bridgehead atoms. The molecule has 1 aromatic carbocycles. The number of thiophene rings is 1. The van der Waals surface area contributed by atoms with Crippen molar-refractivity contribution in [2.75, 3.05) is 24.8 Å². The molecule has 2 rings (SSSR count). The summed E-state index contributed by atoms with van der Waals surface area (Å²) in [6, 6.07) is 5.68. The first-order valence-corrected chi connectivity index (χ1v) is 11.5. The summed E-state index contributed by atoms with van der Waals surface area (Å²) >= 11 is 1.71. The fraction of sp³-hybridized carbons (Fsp3) is 0.278. The van der Waals surface area contributed by atoms with Gasteiger partial charge in [0, 0.05) is 0 Å². The highest BCUT2D eigenvalue weighted by molar-refractivity contribution is 8.04. The Morgan fingerprint density at radius 2 is 1.93 bits per heavy atom. The van der Waals surface area contributed by atoms with Gasteiger partial charge >= 0.3 is 5.97 Å². The summed E-state index contributed by atoms with van der Waals surface area (Å²) in [4.78, 5) is 25.1. The number of amides is 1. The van der Waals surface area contributed by atoms with Crippen LogP contribution >= 0.6 is 23.1 Å². The highest BCUT2D eigenvalue weighted by atomic mass is 32.2. The topological polar surface area (TPSA) is 123 Å². The Bertz CT molecular complexity index is 1050. The molecule has 0 unspecified atom stereocenters. The molecule has 29 heavy (non-hydrogen) atoms. The molecule has 0 atom stereocenters. The molecule has 0 saturated carbocycles. The first-order valence-electron chi connectivity index (χ1n) is 8.26. The van der Waals surface area contributed by atoms with Crippen LogP contribution in [0, 0.1) is 17.6 Å². The Hall–Kier alpha value is -2.55. The second kappa shape index (κ2) is 9.78. The zero-order chi connectivity index (χ0) is 21.6. The normalized spacial score (nSPS) is 10.8. The number of ether oxygens (including phenoxy) is 2. The number of benzene rings is 1. The molecule has 0 radical (unpaired) electrons. The average Bonchev–Trinajstić information content (AvgIpc) is 2.97. The number of nitrogens with one attached hydrogen (secondary N) is 1. The fourth-order valence-electron chi connectivity index (χ4n) is 2.34. The molecule has 0 aliphatic carbocycles. The third-order valence-electron chi connectivity index (χ3n) is 3.69. The van der Waals surface area contributed by atoms with Gasteiger partial charge in [0.25, 0.3) is 0 Å². The minimum Gasteiger partial charge on any atom is -0.497 e. The van der Waals surface area contributed by atoms with Crippen molar-refractivity contribution in [3.8, 4) is 11.2 Å². The van der Waals surface area contributed by atoms with Crippen LogP contribution in [0.25, 0.3) is 0 Å². The summed E-state index contributed by atoms with van der Waals surface area (Å²) in [5.74, 6) is -1.65. The van der Waals surface area contributed by atoms with E-state index in [0.29, 0.717) is 16.2 Å². The third kappa shape index (κ3) is 5.50. The predicted molar refractivity (Wildman–Crippen MR) is 110 cm³/mol. The van der Waals surface area contributed by atoms with E-state index in [1.165, 1.54) is 31.4 Å². The molecule has 1 N–H and O–H groups in total. The average molecular weight is 455 g/mol. The molecule has 0 saturated heterocycles. The summed E-state index contributed by atoms with van der Waals surface area (Å²) in [7, 11) is -2.42. The van der Waals surface area contributed by atoms with Crippen LogP contribution in [0.5, 0.6) is 5.75 Å². The van der Waals surface area contributed by atoms with E-state index in [1.807, 2.05) is 5.40 Å². The van der Waals surface area contributed by atoms with Crippen LogP contribution in [0.3, 0.4) is 0 Å². The first-order chi connectivity index (χ1) is 13.7. The van der Waals surface area contributed by atoms with Crippen LogP contribution in [-0.2, 0) is 19.4 Å². The Morgan fingerprint density at radius 1 is 1.28 bits per heavy atom. The lowest BCUT2D eigenvalue weighted by atomic mass is 10.3. The highest BCUT2D eigenvalue weighted by Gasteiger charge is 2.25. The van der Waals surface area contributed by atoms with Gasteiger partial charge in [-0.2, -0.15) is 5.26 Å². The monoisotopic (exact) mass is 454 g/mol. The number of rotatable bonds is 8. The quantitative estimate of drug-likeness (QED) is 0.366. The minimum atomic E-state index is -3.88. The fourth-order valence-corrected chi connectivity index (χ4v) is 5.29. The number of sulfone groups is 1. The molecule has 2 aromatic rings. The van der Waals surface area contributed by atoms with E-state index in [-0.39, 0.29) is 21.4 Å². The van der Waals surface area contributed by atoms with Gasteiger partial charge in [-0.3, -0.25) is 4.79 Å². The third-order valence-corrected chi connectivity index (χ3v) is 7.45. The number of methoxy groups -OCH3 is 1. The first kappa shape index (κ1) is 22.7. The van der Waals surface area contributed by atoms with Gasteiger partial charge in [0.15, 0.2) is 9.84 Å². The van der Waals surface area contributed by atoms with Crippen molar-refractivity contribution in [3.05, 3.63) is 34.7 Å². The summed E-state index contributed by atoms with van der Waals surface area (Å²) in [6.07, 6.45) is 0. The van der Waals surface area contributed by atoms with Crippen molar-refractivity contribution < 1.29 is 27.5 Å². The van der Waals surface area contributed by atoms with Crippen LogP contribution < -0.4 is 10.1 Å². The van der Waals surface area contributed by atoms with Crippen LogP contribution in [0.2, 0.25) is 0 Å². The molecular formula is C18H18N2O6S3. The molecule has 11 heteroatoms. The van der Waals surface area contributed by atoms with E-state index in [0.717, 1.165) is 23.1 Å². The lowest BCUT2D eigenvalue weighted by Gasteiger charge is -2.07. The van der Waals surface area contributed by atoms with Gasteiger partial charge in [-0.25, -0.2) is 13.2 Å². The maximum atomic E-state index is 12.5. The van der Waals surface area contributed by atoms with Gasteiger partial charge in [0.2, 0.25) is 5.91 Å². The summed E-state index contributed by atoms with van der Waals surface area (Å²) in [5, 5.41) is 13.6. The van der Waals surface area contributed by atoms with Crippen molar-refractivity contribution >= 4 is 49.8 Å². The SMILES string of the molecule is CCOC(=O)c1sc(NC(=O)CS(=O)(=O)c2ccc(OC)cc2)c(SC#N)c1C. The van der Waals surface area contributed by atoms with Crippen molar-refractivity contribution in [2.45, 2.75) is 23.6 Å². The second-order valence-corrected chi connectivity index (χ2v) is 9.42. The van der Waals surface area contributed by atoms with Gasteiger partial charge < -0.3 is 14.8 Å². The molecule has 1 heterocycles. The van der Waals surface area contributed by atoms with E-state index in [1.54, 1.807) is 13.8 Å². The van der Waals surface area contributed by atoms with Gasteiger partial charge in [0.05, 0.1) is 23.5 Å². The zero-order valence-electron chi connectivity index (χ0n) is 15.8. The van der Waals surface area contributed by atoms with Crippen molar-refractivity contribution in [2.24, 2.45) is 0 Å². The van der Waals surface area contributed by atoms with Crippen molar-refractivity contribution in [1.29, 1.82) is 5.26 Å².